The summed E-state index contributed by atoms with van der Waals surface area (Å²) in [5.74, 6) is 0.631. The average Bonchev–Trinajstić information content (AvgIpc) is 2.99. The molecule has 1 fully saturated rings. The van der Waals surface area contributed by atoms with E-state index in [0.717, 1.165) is 30.8 Å². The minimum absolute atomic E-state index is 0.0182. The van der Waals surface area contributed by atoms with Crippen molar-refractivity contribution in [3.05, 3.63) is 46.2 Å². The number of carbonyl (C=O) groups excluding carboxylic acids is 1. The minimum atomic E-state index is 0.0182. The van der Waals surface area contributed by atoms with Crippen molar-refractivity contribution >= 4 is 23.6 Å². The van der Waals surface area contributed by atoms with Crippen LogP contribution in [0.1, 0.15) is 23.9 Å². The molecule has 0 radical (unpaired) electrons. The van der Waals surface area contributed by atoms with Gasteiger partial charge in [-0.2, -0.15) is 4.80 Å². The lowest BCUT2D eigenvalue weighted by Gasteiger charge is -2.33. The molecule has 1 amide bonds. The quantitative estimate of drug-likeness (QED) is 0.836. The van der Waals surface area contributed by atoms with Crippen LogP contribution in [0, 0.1) is 6.92 Å². The number of halogens is 1. The molecule has 3 rings (SSSR count). The number of nitrogens with one attached hydrogen (secondary N) is 1. The first-order chi connectivity index (χ1) is 12.0. The van der Waals surface area contributed by atoms with Gasteiger partial charge >= 0.3 is 0 Å². The van der Waals surface area contributed by atoms with Crippen LogP contribution in [0.2, 0.25) is 5.02 Å². The third kappa shape index (κ3) is 4.43. The topological polar surface area (TPSA) is 75.9 Å². The molecule has 0 bridgehead atoms. The molecule has 1 aromatic carbocycles. The van der Waals surface area contributed by atoms with Crippen molar-refractivity contribution < 1.29 is 4.79 Å². The van der Waals surface area contributed by atoms with E-state index in [-0.39, 0.29) is 11.9 Å². The van der Waals surface area contributed by atoms with E-state index in [9.17, 15) is 4.79 Å². The van der Waals surface area contributed by atoms with Gasteiger partial charge in [0, 0.05) is 36.8 Å². The molecule has 25 heavy (non-hydrogen) atoms. The fourth-order valence-electron chi connectivity index (χ4n) is 2.84. The maximum absolute atomic E-state index is 12.5. The second kappa shape index (κ2) is 7.76. The highest BCUT2D eigenvalue weighted by atomic mass is 35.5. The SMILES string of the molecule is Cc1nnn(Cc2cc(Cl)ccc2C=CC(=O)N2CCNCC2C)n1. The van der Waals surface area contributed by atoms with Gasteiger partial charge < -0.3 is 10.2 Å². The summed E-state index contributed by atoms with van der Waals surface area (Å²) in [5, 5.41) is 16.0. The first-order valence-corrected chi connectivity index (χ1v) is 8.63. The Bertz CT molecular complexity index is 787. The second-order valence-corrected chi connectivity index (χ2v) is 6.56. The van der Waals surface area contributed by atoms with Crippen LogP contribution in [0.5, 0.6) is 0 Å². The summed E-state index contributed by atoms with van der Waals surface area (Å²) in [5.41, 5.74) is 1.85. The number of hydrogen-bond acceptors (Lipinski definition) is 5. The summed E-state index contributed by atoms with van der Waals surface area (Å²) in [6, 6.07) is 5.75. The zero-order chi connectivity index (χ0) is 17.8. The lowest BCUT2D eigenvalue weighted by Crippen LogP contribution is -2.51. The summed E-state index contributed by atoms with van der Waals surface area (Å²) in [7, 11) is 0. The van der Waals surface area contributed by atoms with Crippen molar-refractivity contribution in [2.45, 2.75) is 26.4 Å². The molecular formula is C17H21ClN6O. The number of aromatic nitrogens is 4. The number of nitrogens with zero attached hydrogens (tertiary/aromatic N) is 5. The molecule has 1 atom stereocenters. The summed E-state index contributed by atoms with van der Waals surface area (Å²) in [6.07, 6.45) is 3.45. The fraction of sp³-hybridized carbons (Fsp3) is 0.412. The van der Waals surface area contributed by atoms with Crippen molar-refractivity contribution in [2.24, 2.45) is 0 Å². The van der Waals surface area contributed by atoms with Crippen LogP contribution in [0.4, 0.5) is 0 Å². The Balaban J connectivity index is 1.78. The van der Waals surface area contributed by atoms with Crippen LogP contribution >= 0.6 is 11.6 Å². The lowest BCUT2D eigenvalue weighted by molar-refractivity contribution is -0.128. The van der Waals surface area contributed by atoms with E-state index >= 15 is 0 Å². The predicted octanol–water partition coefficient (Wildman–Crippen LogP) is 1.52. The normalized spacial score (nSPS) is 18.0. The molecule has 8 heteroatoms. The summed E-state index contributed by atoms with van der Waals surface area (Å²) in [4.78, 5) is 15.9. The van der Waals surface area contributed by atoms with Gasteiger partial charge in [0.15, 0.2) is 5.82 Å². The number of benzene rings is 1. The van der Waals surface area contributed by atoms with E-state index in [0.29, 0.717) is 17.4 Å². The minimum Gasteiger partial charge on any atom is -0.334 e. The molecule has 1 saturated heterocycles. The molecule has 1 aliphatic heterocycles. The Morgan fingerprint density at radius 1 is 1.48 bits per heavy atom. The molecule has 1 aliphatic rings. The molecule has 0 aliphatic carbocycles. The fourth-order valence-corrected chi connectivity index (χ4v) is 3.04. The van der Waals surface area contributed by atoms with Gasteiger partial charge in [0.25, 0.3) is 0 Å². The summed E-state index contributed by atoms with van der Waals surface area (Å²) >= 11 is 6.12. The molecule has 1 unspecified atom stereocenters. The van der Waals surface area contributed by atoms with Gasteiger partial charge in [-0.1, -0.05) is 17.7 Å². The zero-order valence-corrected chi connectivity index (χ0v) is 15.1. The number of hydrogen-bond donors (Lipinski definition) is 1. The van der Waals surface area contributed by atoms with Crippen LogP contribution in [0.15, 0.2) is 24.3 Å². The highest BCUT2D eigenvalue weighted by Gasteiger charge is 2.20. The summed E-state index contributed by atoms with van der Waals surface area (Å²) < 4.78 is 0. The van der Waals surface area contributed by atoms with Crippen molar-refractivity contribution in [2.75, 3.05) is 19.6 Å². The van der Waals surface area contributed by atoms with E-state index in [1.165, 1.54) is 4.80 Å². The van der Waals surface area contributed by atoms with Crippen molar-refractivity contribution in [3.8, 4) is 0 Å². The number of aryl methyl sites for hydroxylation is 1. The van der Waals surface area contributed by atoms with Gasteiger partial charge in [0.2, 0.25) is 5.91 Å². The number of piperazine rings is 1. The molecule has 2 aromatic rings. The maximum Gasteiger partial charge on any atom is 0.246 e. The summed E-state index contributed by atoms with van der Waals surface area (Å²) in [6.45, 7) is 6.65. The van der Waals surface area contributed by atoms with Gasteiger partial charge in [-0.15, -0.1) is 10.2 Å². The Hall–Kier alpha value is -2.25. The van der Waals surface area contributed by atoms with Crippen LogP contribution in [-0.4, -0.2) is 56.7 Å². The van der Waals surface area contributed by atoms with Crippen molar-refractivity contribution in [1.82, 2.24) is 30.4 Å². The van der Waals surface area contributed by atoms with E-state index in [4.69, 9.17) is 11.6 Å². The zero-order valence-electron chi connectivity index (χ0n) is 14.3. The molecule has 1 aromatic heterocycles. The molecule has 7 nitrogen and oxygen atoms in total. The lowest BCUT2D eigenvalue weighted by atomic mass is 10.1. The molecular weight excluding hydrogens is 340 g/mol. The number of amides is 1. The van der Waals surface area contributed by atoms with Crippen molar-refractivity contribution in [1.29, 1.82) is 0 Å². The van der Waals surface area contributed by atoms with Crippen molar-refractivity contribution in [3.63, 3.8) is 0 Å². The largest absolute Gasteiger partial charge is 0.334 e. The number of tetrazole rings is 1. The van der Waals surface area contributed by atoms with Gasteiger partial charge in [-0.25, -0.2) is 0 Å². The van der Waals surface area contributed by atoms with E-state index in [1.54, 1.807) is 13.0 Å². The highest BCUT2D eigenvalue weighted by molar-refractivity contribution is 6.30. The molecule has 132 valence electrons. The van der Waals surface area contributed by atoms with E-state index < -0.39 is 0 Å². The third-order valence-electron chi connectivity index (χ3n) is 4.16. The Kier molecular flexibility index (Phi) is 5.45. The first kappa shape index (κ1) is 17.6. The Morgan fingerprint density at radius 2 is 2.32 bits per heavy atom. The molecule has 0 saturated carbocycles. The number of carbonyl (C=O) groups is 1. The standard InChI is InChI=1S/C17H21ClN6O/c1-12-10-19-7-8-23(12)17(25)6-4-14-3-5-16(18)9-15(14)11-24-21-13(2)20-22-24/h3-6,9,12,19H,7-8,10-11H2,1-2H3. The van der Waals surface area contributed by atoms with Crippen LogP contribution in [0.25, 0.3) is 6.08 Å². The second-order valence-electron chi connectivity index (χ2n) is 6.13. The molecule has 1 N–H and O–H groups in total. The predicted molar refractivity (Wildman–Crippen MR) is 96.2 cm³/mol. The van der Waals surface area contributed by atoms with Gasteiger partial charge in [0.1, 0.15) is 0 Å². The van der Waals surface area contributed by atoms with Gasteiger partial charge in [-0.05, 0) is 48.4 Å². The van der Waals surface area contributed by atoms with E-state index in [1.807, 2.05) is 36.1 Å². The van der Waals surface area contributed by atoms with Gasteiger partial charge in [0.05, 0.1) is 6.54 Å². The van der Waals surface area contributed by atoms with Crippen LogP contribution in [0.3, 0.4) is 0 Å². The highest BCUT2D eigenvalue weighted by Crippen LogP contribution is 2.18. The average molecular weight is 361 g/mol. The maximum atomic E-state index is 12.5. The number of rotatable bonds is 4. The van der Waals surface area contributed by atoms with Gasteiger partial charge in [-0.3, -0.25) is 4.79 Å². The monoisotopic (exact) mass is 360 g/mol. The van der Waals surface area contributed by atoms with Crippen LogP contribution < -0.4 is 5.32 Å². The third-order valence-corrected chi connectivity index (χ3v) is 4.39. The first-order valence-electron chi connectivity index (χ1n) is 8.25. The van der Waals surface area contributed by atoms with Crippen LogP contribution in [-0.2, 0) is 11.3 Å². The smallest absolute Gasteiger partial charge is 0.246 e. The Labute approximate surface area is 151 Å². The molecule has 0 spiro atoms. The Morgan fingerprint density at radius 3 is 3.04 bits per heavy atom. The molecule has 2 heterocycles. The van der Waals surface area contributed by atoms with E-state index in [2.05, 4.69) is 20.7 Å².